The molecule has 0 atom stereocenters. The summed E-state index contributed by atoms with van der Waals surface area (Å²) in [5, 5.41) is 3.50. The van der Waals surface area contributed by atoms with Gasteiger partial charge < -0.3 is 5.32 Å². The molecule has 0 aliphatic heterocycles. The molecule has 0 unspecified atom stereocenters. The van der Waals surface area contributed by atoms with E-state index >= 15 is 0 Å². The van der Waals surface area contributed by atoms with Gasteiger partial charge in [-0.05, 0) is 41.2 Å². The van der Waals surface area contributed by atoms with Crippen LogP contribution in [0.2, 0.25) is 0 Å². The number of nitrogens with one attached hydrogen (secondary N) is 1. The third-order valence-electron chi connectivity index (χ3n) is 4.37. The van der Waals surface area contributed by atoms with Gasteiger partial charge in [0, 0.05) is 12.7 Å². The van der Waals surface area contributed by atoms with Crippen molar-refractivity contribution < 1.29 is 0 Å². The first kappa shape index (κ1) is 13.4. The van der Waals surface area contributed by atoms with Crippen molar-refractivity contribution in [1.82, 2.24) is 4.98 Å². The zero-order chi connectivity index (χ0) is 13.4. The van der Waals surface area contributed by atoms with E-state index in [0.29, 0.717) is 5.41 Å². The van der Waals surface area contributed by atoms with Crippen LogP contribution in [-0.2, 0) is 5.41 Å². The first-order valence-electron chi connectivity index (χ1n) is 7.04. The van der Waals surface area contributed by atoms with Gasteiger partial charge in [0.25, 0.3) is 0 Å². The molecule has 18 heavy (non-hydrogen) atoms. The SMILES string of the molecule is CC(C)C1(CNc2ccc(C(C)(C)C)cn2)CC1. The Bertz CT molecular complexity index is 394. The third-order valence-corrected chi connectivity index (χ3v) is 4.37. The maximum atomic E-state index is 4.52. The summed E-state index contributed by atoms with van der Waals surface area (Å²) in [5.74, 6) is 1.77. The highest BCUT2D eigenvalue weighted by atomic mass is 15.0. The Kier molecular flexibility index (Phi) is 3.39. The van der Waals surface area contributed by atoms with Gasteiger partial charge in [0.15, 0.2) is 0 Å². The summed E-state index contributed by atoms with van der Waals surface area (Å²) in [6.45, 7) is 12.4. The van der Waals surface area contributed by atoms with E-state index in [9.17, 15) is 0 Å². The first-order valence-corrected chi connectivity index (χ1v) is 7.04. The lowest BCUT2D eigenvalue weighted by molar-refractivity contribution is 0.380. The van der Waals surface area contributed by atoms with Crippen LogP contribution in [0.3, 0.4) is 0 Å². The van der Waals surface area contributed by atoms with Crippen molar-refractivity contribution in [3.63, 3.8) is 0 Å². The van der Waals surface area contributed by atoms with E-state index in [4.69, 9.17) is 0 Å². The molecule has 1 aromatic rings. The van der Waals surface area contributed by atoms with E-state index in [1.807, 2.05) is 6.20 Å². The van der Waals surface area contributed by atoms with Gasteiger partial charge in [0.05, 0.1) is 0 Å². The van der Waals surface area contributed by atoms with Crippen molar-refractivity contribution >= 4 is 5.82 Å². The summed E-state index contributed by atoms with van der Waals surface area (Å²) in [6.07, 6.45) is 4.72. The fourth-order valence-electron chi connectivity index (χ4n) is 2.33. The number of pyridine rings is 1. The quantitative estimate of drug-likeness (QED) is 0.860. The van der Waals surface area contributed by atoms with Crippen molar-refractivity contribution in [2.45, 2.75) is 52.9 Å². The second-order valence-corrected chi connectivity index (χ2v) is 7.05. The van der Waals surface area contributed by atoms with Gasteiger partial charge in [0.2, 0.25) is 0 Å². The molecule has 1 heterocycles. The molecule has 0 radical (unpaired) electrons. The lowest BCUT2D eigenvalue weighted by Gasteiger charge is -2.21. The Labute approximate surface area is 111 Å². The Morgan fingerprint density at radius 1 is 1.28 bits per heavy atom. The minimum Gasteiger partial charge on any atom is -0.370 e. The van der Waals surface area contributed by atoms with Crippen molar-refractivity contribution in [3.05, 3.63) is 23.9 Å². The smallest absolute Gasteiger partial charge is 0.125 e. The lowest BCUT2D eigenvalue weighted by atomic mass is 9.88. The van der Waals surface area contributed by atoms with E-state index in [-0.39, 0.29) is 5.41 Å². The molecule has 1 N–H and O–H groups in total. The van der Waals surface area contributed by atoms with Crippen LogP contribution in [0.1, 0.15) is 53.0 Å². The van der Waals surface area contributed by atoms with Crippen LogP contribution >= 0.6 is 0 Å². The molecule has 2 rings (SSSR count). The van der Waals surface area contributed by atoms with Gasteiger partial charge in [-0.25, -0.2) is 4.98 Å². The van der Waals surface area contributed by atoms with Gasteiger partial charge in [-0.15, -0.1) is 0 Å². The number of rotatable bonds is 4. The molecule has 0 spiro atoms. The predicted octanol–water partition coefficient (Wildman–Crippen LogP) is 4.23. The van der Waals surface area contributed by atoms with Crippen molar-refractivity contribution in [2.24, 2.45) is 11.3 Å². The second-order valence-electron chi connectivity index (χ2n) is 7.05. The molecule has 100 valence electrons. The Balaban J connectivity index is 1.95. The van der Waals surface area contributed by atoms with Crippen LogP contribution in [0.5, 0.6) is 0 Å². The molecular formula is C16H26N2. The highest BCUT2D eigenvalue weighted by Crippen LogP contribution is 2.51. The molecule has 0 saturated heterocycles. The summed E-state index contributed by atoms with van der Waals surface area (Å²) in [6, 6.07) is 4.29. The minimum atomic E-state index is 0.182. The van der Waals surface area contributed by atoms with Crippen LogP contribution in [-0.4, -0.2) is 11.5 Å². The lowest BCUT2D eigenvalue weighted by Crippen LogP contribution is -2.21. The molecule has 1 aliphatic carbocycles. The number of nitrogens with zero attached hydrogens (tertiary/aromatic N) is 1. The Hall–Kier alpha value is -1.05. The van der Waals surface area contributed by atoms with Crippen LogP contribution in [0, 0.1) is 11.3 Å². The number of aromatic nitrogens is 1. The molecular weight excluding hydrogens is 220 g/mol. The number of anilines is 1. The monoisotopic (exact) mass is 246 g/mol. The van der Waals surface area contributed by atoms with Gasteiger partial charge in [-0.3, -0.25) is 0 Å². The maximum Gasteiger partial charge on any atom is 0.125 e. The average molecular weight is 246 g/mol. The summed E-state index contributed by atoms with van der Waals surface area (Å²) in [4.78, 5) is 4.52. The fraction of sp³-hybridized carbons (Fsp3) is 0.688. The van der Waals surface area contributed by atoms with E-state index in [1.165, 1.54) is 18.4 Å². The molecule has 0 aromatic carbocycles. The Morgan fingerprint density at radius 2 is 1.94 bits per heavy atom. The summed E-state index contributed by atoms with van der Waals surface area (Å²) in [5.41, 5.74) is 2.00. The van der Waals surface area contributed by atoms with Gasteiger partial charge in [-0.1, -0.05) is 40.7 Å². The topological polar surface area (TPSA) is 24.9 Å². The fourth-order valence-corrected chi connectivity index (χ4v) is 2.33. The van der Waals surface area contributed by atoms with Gasteiger partial charge in [0.1, 0.15) is 5.82 Å². The van der Waals surface area contributed by atoms with Crippen LogP contribution in [0.4, 0.5) is 5.82 Å². The minimum absolute atomic E-state index is 0.182. The zero-order valence-corrected chi connectivity index (χ0v) is 12.4. The number of hydrogen-bond acceptors (Lipinski definition) is 2. The molecule has 1 aliphatic rings. The molecule has 1 aromatic heterocycles. The average Bonchev–Trinajstić information content (AvgIpc) is 3.07. The van der Waals surface area contributed by atoms with E-state index in [1.54, 1.807) is 0 Å². The van der Waals surface area contributed by atoms with Crippen molar-refractivity contribution in [2.75, 3.05) is 11.9 Å². The maximum absolute atomic E-state index is 4.52. The van der Waals surface area contributed by atoms with Gasteiger partial charge >= 0.3 is 0 Å². The third kappa shape index (κ3) is 2.85. The van der Waals surface area contributed by atoms with Crippen molar-refractivity contribution in [1.29, 1.82) is 0 Å². The second kappa shape index (κ2) is 4.56. The zero-order valence-electron chi connectivity index (χ0n) is 12.4. The summed E-state index contributed by atoms with van der Waals surface area (Å²) >= 11 is 0. The highest BCUT2D eigenvalue weighted by molar-refractivity contribution is 5.37. The van der Waals surface area contributed by atoms with Crippen LogP contribution in [0.25, 0.3) is 0 Å². The molecule has 1 saturated carbocycles. The van der Waals surface area contributed by atoms with Crippen LogP contribution < -0.4 is 5.32 Å². The summed E-state index contributed by atoms with van der Waals surface area (Å²) in [7, 11) is 0. The normalized spacial score (nSPS) is 17.9. The van der Waals surface area contributed by atoms with Crippen molar-refractivity contribution in [3.8, 4) is 0 Å². The largest absolute Gasteiger partial charge is 0.370 e. The van der Waals surface area contributed by atoms with E-state index in [0.717, 1.165) is 18.3 Å². The standard InChI is InChI=1S/C16H26N2/c1-12(2)16(8-9-16)11-18-14-7-6-13(10-17-14)15(3,4)5/h6-7,10,12H,8-9,11H2,1-5H3,(H,17,18). The molecule has 0 amide bonds. The Morgan fingerprint density at radius 3 is 2.33 bits per heavy atom. The van der Waals surface area contributed by atoms with Crippen LogP contribution in [0.15, 0.2) is 18.3 Å². The van der Waals surface area contributed by atoms with E-state index in [2.05, 4.69) is 57.1 Å². The molecule has 2 heteroatoms. The van der Waals surface area contributed by atoms with E-state index < -0.39 is 0 Å². The molecule has 2 nitrogen and oxygen atoms in total. The highest BCUT2D eigenvalue weighted by Gasteiger charge is 2.44. The van der Waals surface area contributed by atoms with Gasteiger partial charge in [-0.2, -0.15) is 0 Å². The first-order chi connectivity index (χ1) is 8.33. The number of hydrogen-bond donors (Lipinski definition) is 1. The predicted molar refractivity (Wildman–Crippen MR) is 77.9 cm³/mol. The molecule has 1 fully saturated rings. The molecule has 0 bridgehead atoms. The summed E-state index contributed by atoms with van der Waals surface area (Å²) < 4.78 is 0.